The van der Waals surface area contributed by atoms with Crippen LogP contribution in [0.3, 0.4) is 0 Å². The third-order valence-corrected chi connectivity index (χ3v) is 5.02. The molecule has 0 amide bonds. The Morgan fingerprint density at radius 3 is 2.81 bits per heavy atom. The SMILES string of the molecule is COc1ccc2[nH]c(=S)n(C3CCCCC3C(C)C)c2n1. The van der Waals surface area contributed by atoms with Crippen molar-refractivity contribution in [2.45, 2.75) is 45.6 Å². The van der Waals surface area contributed by atoms with Gasteiger partial charge in [-0.05, 0) is 43.0 Å². The van der Waals surface area contributed by atoms with Crippen LogP contribution in [0, 0.1) is 16.6 Å². The highest BCUT2D eigenvalue weighted by Gasteiger charge is 2.30. The standard InChI is InChI=1S/C16H23N3OS/c1-10(2)11-6-4-5-7-13(11)19-15-12(17-16(19)21)8-9-14(18-15)20-3/h8-11,13H,4-7H2,1-3H3,(H,17,21). The fourth-order valence-corrected chi connectivity index (χ4v) is 3.98. The van der Waals surface area contributed by atoms with E-state index in [0.29, 0.717) is 23.8 Å². The Labute approximate surface area is 130 Å². The first-order valence-corrected chi connectivity index (χ1v) is 8.18. The average molecular weight is 305 g/mol. The minimum Gasteiger partial charge on any atom is -0.481 e. The summed E-state index contributed by atoms with van der Waals surface area (Å²) in [5, 5.41) is 0. The Hall–Kier alpha value is -1.36. The van der Waals surface area contributed by atoms with Gasteiger partial charge in [0.05, 0.1) is 12.6 Å². The number of hydrogen-bond acceptors (Lipinski definition) is 3. The number of hydrogen-bond donors (Lipinski definition) is 1. The van der Waals surface area contributed by atoms with Crippen molar-refractivity contribution in [2.24, 2.45) is 11.8 Å². The first-order valence-electron chi connectivity index (χ1n) is 7.77. The quantitative estimate of drug-likeness (QED) is 0.850. The third-order valence-electron chi connectivity index (χ3n) is 4.72. The van der Waals surface area contributed by atoms with E-state index in [1.54, 1.807) is 7.11 Å². The number of aromatic nitrogens is 3. The smallest absolute Gasteiger partial charge is 0.215 e. The topological polar surface area (TPSA) is 42.8 Å². The molecule has 1 aliphatic rings. The fourth-order valence-electron chi connectivity index (χ4n) is 3.64. The number of ether oxygens (including phenoxy) is 1. The van der Waals surface area contributed by atoms with Crippen LogP contribution in [0.15, 0.2) is 12.1 Å². The maximum Gasteiger partial charge on any atom is 0.215 e. The summed E-state index contributed by atoms with van der Waals surface area (Å²) in [6.07, 6.45) is 5.06. The Morgan fingerprint density at radius 2 is 2.10 bits per heavy atom. The number of imidazole rings is 1. The first kappa shape index (κ1) is 14.6. The molecule has 0 aliphatic heterocycles. The van der Waals surface area contributed by atoms with E-state index in [1.807, 2.05) is 12.1 Å². The average Bonchev–Trinajstić information content (AvgIpc) is 2.81. The van der Waals surface area contributed by atoms with Crippen molar-refractivity contribution in [3.05, 3.63) is 16.9 Å². The van der Waals surface area contributed by atoms with Crippen LogP contribution >= 0.6 is 12.2 Å². The molecule has 2 aromatic heterocycles. The molecule has 2 heterocycles. The van der Waals surface area contributed by atoms with Crippen molar-refractivity contribution in [1.82, 2.24) is 14.5 Å². The van der Waals surface area contributed by atoms with Crippen molar-refractivity contribution in [3.8, 4) is 5.88 Å². The molecule has 0 bridgehead atoms. The molecular formula is C16H23N3OS. The Bertz CT molecular complexity index is 688. The molecule has 1 fully saturated rings. The van der Waals surface area contributed by atoms with E-state index in [4.69, 9.17) is 17.0 Å². The minimum absolute atomic E-state index is 0.444. The molecule has 2 atom stereocenters. The van der Waals surface area contributed by atoms with E-state index < -0.39 is 0 Å². The number of pyridine rings is 1. The number of nitrogens with one attached hydrogen (secondary N) is 1. The largest absolute Gasteiger partial charge is 0.481 e. The predicted molar refractivity (Wildman–Crippen MR) is 87.3 cm³/mol. The number of aromatic amines is 1. The van der Waals surface area contributed by atoms with Crippen molar-refractivity contribution in [2.75, 3.05) is 7.11 Å². The summed E-state index contributed by atoms with van der Waals surface area (Å²) in [5.41, 5.74) is 1.92. The summed E-state index contributed by atoms with van der Waals surface area (Å²) < 4.78 is 8.29. The van der Waals surface area contributed by atoms with E-state index in [2.05, 4.69) is 28.4 Å². The van der Waals surface area contributed by atoms with Crippen molar-refractivity contribution >= 4 is 23.4 Å². The molecule has 3 rings (SSSR count). The lowest BCUT2D eigenvalue weighted by atomic mass is 9.77. The van der Waals surface area contributed by atoms with Crippen LogP contribution in [0.1, 0.15) is 45.6 Å². The van der Waals surface area contributed by atoms with Crippen LogP contribution in [-0.2, 0) is 0 Å². The van der Waals surface area contributed by atoms with E-state index in [-0.39, 0.29) is 0 Å². The van der Waals surface area contributed by atoms with E-state index in [0.717, 1.165) is 15.9 Å². The van der Waals surface area contributed by atoms with Crippen LogP contribution in [0.4, 0.5) is 0 Å². The van der Waals surface area contributed by atoms with Gasteiger partial charge in [-0.15, -0.1) is 0 Å². The lowest BCUT2D eigenvalue weighted by Gasteiger charge is -2.35. The predicted octanol–water partition coefficient (Wildman–Crippen LogP) is 4.49. The van der Waals surface area contributed by atoms with E-state index >= 15 is 0 Å². The molecule has 5 heteroatoms. The molecule has 114 valence electrons. The van der Waals surface area contributed by atoms with Gasteiger partial charge in [-0.2, -0.15) is 4.98 Å². The fraction of sp³-hybridized carbons (Fsp3) is 0.625. The van der Waals surface area contributed by atoms with Gasteiger partial charge >= 0.3 is 0 Å². The van der Waals surface area contributed by atoms with Gasteiger partial charge in [0.25, 0.3) is 0 Å². The van der Waals surface area contributed by atoms with Gasteiger partial charge in [0.15, 0.2) is 10.4 Å². The molecule has 1 aliphatic carbocycles. The van der Waals surface area contributed by atoms with Gasteiger partial charge in [-0.3, -0.25) is 4.57 Å². The highest BCUT2D eigenvalue weighted by atomic mass is 32.1. The van der Waals surface area contributed by atoms with Gasteiger partial charge in [-0.1, -0.05) is 26.7 Å². The summed E-state index contributed by atoms with van der Waals surface area (Å²) in [6.45, 7) is 4.63. The number of fused-ring (bicyclic) bond motifs is 1. The molecular weight excluding hydrogens is 282 g/mol. The van der Waals surface area contributed by atoms with E-state index in [9.17, 15) is 0 Å². The maximum absolute atomic E-state index is 5.58. The van der Waals surface area contributed by atoms with Crippen molar-refractivity contribution in [3.63, 3.8) is 0 Å². The van der Waals surface area contributed by atoms with Gasteiger partial charge in [0.1, 0.15) is 0 Å². The molecule has 0 saturated heterocycles. The van der Waals surface area contributed by atoms with Crippen LogP contribution < -0.4 is 4.74 Å². The number of H-pyrrole nitrogens is 1. The van der Waals surface area contributed by atoms with Crippen molar-refractivity contribution in [1.29, 1.82) is 0 Å². The zero-order chi connectivity index (χ0) is 15.0. The Kier molecular flexibility index (Phi) is 4.02. The summed E-state index contributed by atoms with van der Waals surface area (Å²) >= 11 is 5.58. The number of methoxy groups -OCH3 is 1. The lowest BCUT2D eigenvalue weighted by Crippen LogP contribution is -2.27. The van der Waals surface area contributed by atoms with Crippen LogP contribution in [0.5, 0.6) is 5.88 Å². The monoisotopic (exact) mass is 305 g/mol. The summed E-state index contributed by atoms with van der Waals surface area (Å²) in [6, 6.07) is 4.32. The second-order valence-electron chi connectivity index (χ2n) is 6.28. The normalized spacial score (nSPS) is 22.9. The van der Waals surface area contributed by atoms with Gasteiger partial charge in [0.2, 0.25) is 5.88 Å². The van der Waals surface area contributed by atoms with Gasteiger partial charge in [-0.25, -0.2) is 0 Å². The van der Waals surface area contributed by atoms with Gasteiger partial charge in [0, 0.05) is 12.1 Å². The summed E-state index contributed by atoms with van der Waals surface area (Å²) in [7, 11) is 1.65. The second kappa shape index (κ2) is 5.79. The molecule has 1 N–H and O–H groups in total. The van der Waals surface area contributed by atoms with Crippen LogP contribution in [0.2, 0.25) is 0 Å². The lowest BCUT2D eigenvalue weighted by molar-refractivity contribution is 0.186. The molecule has 21 heavy (non-hydrogen) atoms. The van der Waals surface area contributed by atoms with E-state index in [1.165, 1.54) is 25.7 Å². The number of nitrogens with zero attached hydrogens (tertiary/aromatic N) is 2. The maximum atomic E-state index is 5.58. The Balaban J connectivity index is 2.13. The zero-order valence-electron chi connectivity index (χ0n) is 12.9. The minimum atomic E-state index is 0.444. The first-order chi connectivity index (χ1) is 10.1. The molecule has 1 saturated carbocycles. The molecule has 4 nitrogen and oxygen atoms in total. The Morgan fingerprint density at radius 1 is 1.33 bits per heavy atom. The van der Waals surface area contributed by atoms with Gasteiger partial charge < -0.3 is 9.72 Å². The summed E-state index contributed by atoms with van der Waals surface area (Å²) in [4.78, 5) is 7.92. The second-order valence-corrected chi connectivity index (χ2v) is 6.67. The zero-order valence-corrected chi connectivity index (χ0v) is 13.7. The van der Waals surface area contributed by atoms with Crippen LogP contribution in [0.25, 0.3) is 11.2 Å². The molecule has 2 unspecified atom stereocenters. The highest BCUT2D eigenvalue weighted by molar-refractivity contribution is 7.71. The van der Waals surface area contributed by atoms with Crippen LogP contribution in [-0.4, -0.2) is 21.6 Å². The third kappa shape index (κ3) is 2.59. The van der Waals surface area contributed by atoms with Crippen molar-refractivity contribution < 1.29 is 4.74 Å². The summed E-state index contributed by atoms with van der Waals surface area (Å²) in [5.74, 6) is 1.97. The highest BCUT2D eigenvalue weighted by Crippen LogP contribution is 2.40. The molecule has 0 aromatic carbocycles. The molecule has 0 radical (unpaired) electrons. The molecule has 0 spiro atoms. The molecule has 2 aromatic rings. The number of rotatable bonds is 3.